The van der Waals surface area contributed by atoms with Gasteiger partial charge in [-0.05, 0) is 61.1 Å². The van der Waals surface area contributed by atoms with Crippen molar-refractivity contribution in [2.24, 2.45) is 0 Å². The van der Waals surface area contributed by atoms with Crippen LogP contribution in [0.1, 0.15) is 48.2 Å². The van der Waals surface area contributed by atoms with Gasteiger partial charge in [-0.3, -0.25) is 9.88 Å². The fourth-order valence-electron chi connectivity index (χ4n) is 5.63. The molecule has 1 saturated heterocycles. The molecule has 3 heterocycles. The van der Waals surface area contributed by atoms with Gasteiger partial charge in [0.2, 0.25) is 0 Å². The van der Waals surface area contributed by atoms with Crippen molar-refractivity contribution < 1.29 is 0 Å². The van der Waals surface area contributed by atoms with Gasteiger partial charge in [-0.2, -0.15) is 0 Å². The van der Waals surface area contributed by atoms with E-state index in [9.17, 15) is 0 Å². The molecule has 5 nitrogen and oxygen atoms in total. The van der Waals surface area contributed by atoms with Gasteiger partial charge in [0.25, 0.3) is 0 Å². The lowest BCUT2D eigenvalue weighted by atomic mass is 9.89. The molecular formula is C25H35N5. The standard InChI is InChI=1S/C25H35N5/c1-2-29(24-10-3-6-19-8-5-11-27-25(19)24)18-21-16-22-20(17-28-21)7-4-9-23(22)30-14-12-26-13-15-30/h4-5,7-9,11,21,24,26,28H,2-3,6,10,12-18H2,1H3/t21-,24+/m1/s1. The zero-order valence-electron chi connectivity index (χ0n) is 18.2. The molecule has 1 aliphatic carbocycles. The maximum absolute atomic E-state index is 4.80. The van der Waals surface area contributed by atoms with Crippen molar-refractivity contribution in [3.8, 4) is 0 Å². The fraction of sp³-hybridized carbons (Fsp3) is 0.560. The first kappa shape index (κ1) is 20.0. The summed E-state index contributed by atoms with van der Waals surface area (Å²) < 4.78 is 0. The summed E-state index contributed by atoms with van der Waals surface area (Å²) in [5.74, 6) is 0. The molecule has 2 N–H and O–H groups in total. The average molecular weight is 406 g/mol. The van der Waals surface area contributed by atoms with Gasteiger partial charge in [0.05, 0.1) is 11.7 Å². The van der Waals surface area contributed by atoms with Crippen molar-refractivity contribution in [2.75, 3.05) is 44.2 Å². The number of likely N-dealkylation sites (N-methyl/N-ethyl adjacent to an activating group) is 1. The highest BCUT2D eigenvalue weighted by molar-refractivity contribution is 5.58. The molecule has 160 valence electrons. The van der Waals surface area contributed by atoms with Gasteiger partial charge < -0.3 is 15.5 Å². The lowest BCUT2D eigenvalue weighted by Gasteiger charge is -2.39. The first-order valence-corrected chi connectivity index (χ1v) is 11.8. The third kappa shape index (κ3) is 3.98. The molecule has 1 aromatic heterocycles. The number of nitrogens with zero attached hydrogens (tertiary/aromatic N) is 3. The second kappa shape index (κ2) is 9.04. The molecule has 5 rings (SSSR count). The third-order valence-electron chi connectivity index (χ3n) is 7.20. The molecule has 2 aromatic rings. The maximum atomic E-state index is 4.80. The minimum atomic E-state index is 0.464. The zero-order valence-corrected chi connectivity index (χ0v) is 18.2. The summed E-state index contributed by atoms with van der Waals surface area (Å²) in [6, 6.07) is 12.2. The summed E-state index contributed by atoms with van der Waals surface area (Å²) in [4.78, 5) is 10.0. The van der Waals surface area contributed by atoms with Gasteiger partial charge in [-0.25, -0.2) is 0 Å². The van der Waals surface area contributed by atoms with Gasteiger partial charge >= 0.3 is 0 Å². The summed E-state index contributed by atoms with van der Waals surface area (Å²) in [5.41, 5.74) is 7.29. The van der Waals surface area contributed by atoms with E-state index in [0.717, 1.165) is 52.2 Å². The largest absolute Gasteiger partial charge is 0.369 e. The van der Waals surface area contributed by atoms with E-state index in [1.807, 2.05) is 6.20 Å². The van der Waals surface area contributed by atoms with Crippen LogP contribution in [0.25, 0.3) is 0 Å². The number of hydrogen-bond acceptors (Lipinski definition) is 5. The van der Waals surface area contributed by atoms with Gasteiger partial charge in [-0.15, -0.1) is 0 Å². The number of pyridine rings is 1. The lowest BCUT2D eigenvalue weighted by molar-refractivity contribution is 0.161. The second-order valence-electron chi connectivity index (χ2n) is 8.98. The molecule has 2 atom stereocenters. The Hall–Kier alpha value is -1.95. The predicted octanol–water partition coefficient (Wildman–Crippen LogP) is 2.91. The van der Waals surface area contributed by atoms with E-state index in [-0.39, 0.29) is 0 Å². The number of aryl methyl sites for hydroxylation is 1. The number of benzene rings is 1. The van der Waals surface area contributed by atoms with Crippen LogP contribution < -0.4 is 15.5 Å². The van der Waals surface area contributed by atoms with Crippen LogP contribution in [0.5, 0.6) is 0 Å². The Balaban J connectivity index is 1.34. The molecule has 1 fully saturated rings. The Morgan fingerprint density at radius 2 is 2.00 bits per heavy atom. The zero-order chi connectivity index (χ0) is 20.3. The Morgan fingerprint density at radius 1 is 1.13 bits per heavy atom. The summed E-state index contributed by atoms with van der Waals surface area (Å²) in [7, 11) is 0. The van der Waals surface area contributed by atoms with Crippen LogP contribution in [0, 0.1) is 0 Å². The summed E-state index contributed by atoms with van der Waals surface area (Å²) >= 11 is 0. The minimum absolute atomic E-state index is 0.464. The molecule has 1 aromatic carbocycles. The molecule has 0 spiro atoms. The quantitative estimate of drug-likeness (QED) is 0.801. The van der Waals surface area contributed by atoms with Crippen LogP contribution in [-0.4, -0.2) is 55.2 Å². The maximum Gasteiger partial charge on any atom is 0.0607 e. The predicted molar refractivity (Wildman–Crippen MR) is 123 cm³/mol. The first-order chi connectivity index (χ1) is 14.8. The van der Waals surface area contributed by atoms with Crippen LogP contribution in [0.4, 0.5) is 5.69 Å². The van der Waals surface area contributed by atoms with Gasteiger partial charge in [-0.1, -0.05) is 25.1 Å². The fourth-order valence-corrected chi connectivity index (χ4v) is 5.63. The lowest BCUT2D eigenvalue weighted by Crippen LogP contribution is -2.48. The van der Waals surface area contributed by atoms with E-state index in [4.69, 9.17) is 4.98 Å². The van der Waals surface area contributed by atoms with E-state index in [1.54, 1.807) is 5.56 Å². The van der Waals surface area contributed by atoms with E-state index in [0.29, 0.717) is 12.1 Å². The number of nitrogens with one attached hydrogen (secondary N) is 2. The van der Waals surface area contributed by atoms with Crippen LogP contribution >= 0.6 is 0 Å². The van der Waals surface area contributed by atoms with Crippen molar-refractivity contribution >= 4 is 5.69 Å². The van der Waals surface area contributed by atoms with Crippen LogP contribution in [0.3, 0.4) is 0 Å². The first-order valence-electron chi connectivity index (χ1n) is 11.8. The minimum Gasteiger partial charge on any atom is -0.369 e. The highest BCUT2D eigenvalue weighted by Crippen LogP contribution is 2.34. The molecular weight excluding hydrogens is 370 g/mol. The van der Waals surface area contributed by atoms with Crippen molar-refractivity contribution in [1.82, 2.24) is 20.5 Å². The SMILES string of the molecule is CCN(C[C@H]1Cc2c(cccc2N2CCNCC2)CN1)[C@H]1CCCc2cccnc21. The molecule has 0 bridgehead atoms. The van der Waals surface area contributed by atoms with Crippen LogP contribution in [0.2, 0.25) is 0 Å². The van der Waals surface area contributed by atoms with Gasteiger partial charge in [0, 0.05) is 57.2 Å². The summed E-state index contributed by atoms with van der Waals surface area (Å²) in [5, 5.41) is 7.33. The molecule has 0 unspecified atom stereocenters. The highest BCUT2D eigenvalue weighted by atomic mass is 15.2. The second-order valence-corrected chi connectivity index (χ2v) is 8.98. The van der Waals surface area contributed by atoms with Crippen molar-refractivity contribution in [1.29, 1.82) is 0 Å². The van der Waals surface area contributed by atoms with E-state index < -0.39 is 0 Å². The van der Waals surface area contributed by atoms with Gasteiger partial charge in [0.1, 0.15) is 0 Å². The number of piperazine rings is 1. The van der Waals surface area contributed by atoms with Crippen LogP contribution in [-0.2, 0) is 19.4 Å². The Kier molecular flexibility index (Phi) is 6.02. The van der Waals surface area contributed by atoms with E-state index in [1.165, 1.54) is 41.8 Å². The third-order valence-corrected chi connectivity index (χ3v) is 7.20. The molecule has 30 heavy (non-hydrogen) atoms. The molecule has 2 aliphatic heterocycles. The smallest absolute Gasteiger partial charge is 0.0607 e. The number of aromatic nitrogens is 1. The monoisotopic (exact) mass is 405 g/mol. The molecule has 0 saturated carbocycles. The number of anilines is 1. The molecule has 0 radical (unpaired) electrons. The Morgan fingerprint density at radius 3 is 2.87 bits per heavy atom. The topological polar surface area (TPSA) is 43.4 Å². The van der Waals surface area contributed by atoms with Crippen molar-refractivity contribution in [3.05, 3.63) is 58.9 Å². The average Bonchev–Trinajstić information content (AvgIpc) is 2.82. The molecule has 0 amide bonds. The van der Waals surface area contributed by atoms with Crippen molar-refractivity contribution in [2.45, 2.75) is 51.2 Å². The highest BCUT2D eigenvalue weighted by Gasteiger charge is 2.30. The van der Waals surface area contributed by atoms with E-state index >= 15 is 0 Å². The van der Waals surface area contributed by atoms with E-state index in [2.05, 4.69) is 57.7 Å². The summed E-state index contributed by atoms with van der Waals surface area (Å²) in [6.07, 6.45) is 6.77. The van der Waals surface area contributed by atoms with Gasteiger partial charge in [0.15, 0.2) is 0 Å². The Bertz CT molecular complexity index is 860. The molecule has 5 heteroatoms. The Labute approximate surface area is 180 Å². The number of fused-ring (bicyclic) bond motifs is 2. The number of hydrogen-bond donors (Lipinski definition) is 2. The summed E-state index contributed by atoms with van der Waals surface area (Å²) in [6.45, 7) is 9.85. The molecule has 3 aliphatic rings. The van der Waals surface area contributed by atoms with Crippen LogP contribution in [0.15, 0.2) is 36.5 Å². The normalized spacial score (nSPS) is 23.9. The number of rotatable bonds is 5. The van der Waals surface area contributed by atoms with Crippen molar-refractivity contribution in [3.63, 3.8) is 0 Å².